The summed E-state index contributed by atoms with van der Waals surface area (Å²) in [5.74, 6) is -1.18. The minimum absolute atomic E-state index is 0.00635. The van der Waals surface area contributed by atoms with Crippen molar-refractivity contribution in [3.05, 3.63) is 64.2 Å². The van der Waals surface area contributed by atoms with Gasteiger partial charge in [0.15, 0.2) is 0 Å². The Morgan fingerprint density at radius 1 is 1.08 bits per heavy atom. The molecule has 0 aliphatic rings. The number of carbonyl (C=O) groups is 2. The summed E-state index contributed by atoms with van der Waals surface area (Å²) in [6, 6.07) is 8.87. The first-order valence-corrected chi connectivity index (χ1v) is 14.1. The minimum atomic E-state index is -4.84. The van der Waals surface area contributed by atoms with Gasteiger partial charge in [-0.3, -0.25) is 13.9 Å². The van der Waals surface area contributed by atoms with Crippen molar-refractivity contribution in [3.8, 4) is 0 Å². The van der Waals surface area contributed by atoms with Crippen molar-refractivity contribution in [2.24, 2.45) is 0 Å². The second kappa shape index (κ2) is 11.9. The zero-order valence-electron chi connectivity index (χ0n) is 22.2. The van der Waals surface area contributed by atoms with Gasteiger partial charge in [-0.15, -0.1) is 0 Å². The Labute approximate surface area is 227 Å². The predicted molar refractivity (Wildman–Crippen MR) is 142 cm³/mol. The van der Waals surface area contributed by atoms with Crippen LogP contribution in [0.1, 0.15) is 50.8 Å². The first-order valence-electron chi connectivity index (χ1n) is 11.9. The molecule has 2 aromatic carbocycles. The van der Waals surface area contributed by atoms with Crippen molar-refractivity contribution >= 4 is 39.1 Å². The highest BCUT2D eigenvalue weighted by molar-refractivity contribution is 7.92. The van der Waals surface area contributed by atoms with Gasteiger partial charge >= 0.3 is 6.18 Å². The highest BCUT2D eigenvalue weighted by Crippen LogP contribution is 2.37. The molecule has 0 aromatic heterocycles. The molecular formula is C26H33ClF3N3O4S. The fraction of sp³-hybridized carbons (Fsp3) is 0.462. The standard InChI is InChI=1S/C26H33ClF3N3O4S/c1-7-22(24(35)31-25(3,4)5)32(15-18-11-9-8-10-17(18)2)23(34)16-33(38(6,36)37)19-12-13-21(27)20(14-19)26(28,29)30/h8-14,22H,7,15-16H2,1-6H3,(H,31,35)/t22-/m0/s1. The van der Waals surface area contributed by atoms with E-state index in [1.165, 1.54) is 4.90 Å². The van der Waals surface area contributed by atoms with E-state index in [2.05, 4.69) is 5.32 Å². The lowest BCUT2D eigenvalue weighted by Crippen LogP contribution is -2.55. The maximum absolute atomic E-state index is 13.7. The van der Waals surface area contributed by atoms with Gasteiger partial charge in [-0.05, 0) is 63.4 Å². The molecule has 0 spiro atoms. The molecular weight excluding hydrogens is 543 g/mol. The van der Waals surface area contributed by atoms with Crippen LogP contribution in [0.5, 0.6) is 0 Å². The fourth-order valence-electron chi connectivity index (χ4n) is 3.84. The van der Waals surface area contributed by atoms with Crippen LogP contribution in [0.15, 0.2) is 42.5 Å². The van der Waals surface area contributed by atoms with Gasteiger partial charge in [0.2, 0.25) is 21.8 Å². The summed E-state index contributed by atoms with van der Waals surface area (Å²) in [4.78, 5) is 28.1. The largest absolute Gasteiger partial charge is 0.417 e. The van der Waals surface area contributed by atoms with E-state index < -0.39 is 56.7 Å². The molecule has 1 atom stereocenters. The fourth-order valence-corrected chi connectivity index (χ4v) is 4.91. The molecule has 12 heteroatoms. The number of carbonyl (C=O) groups excluding carboxylic acids is 2. The number of hydrogen-bond acceptors (Lipinski definition) is 4. The summed E-state index contributed by atoms with van der Waals surface area (Å²) in [6.07, 6.45) is -3.83. The number of anilines is 1. The van der Waals surface area contributed by atoms with E-state index in [9.17, 15) is 31.2 Å². The Kier molecular flexibility index (Phi) is 9.88. The van der Waals surface area contributed by atoms with E-state index >= 15 is 0 Å². The number of halogens is 4. The van der Waals surface area contributed by atoms with E-state index in [1.54, 1.807) is 39.8 Å². The molecule has 0 aliphatic carbocycles. The number of nitrogens with zero attached hydrogens (tertiary/aromatic N) is 2. The molecule has 1 N–H and O–H groups in total. The Balaban J connectivity index is 2.56. The van der Waals surface area contributed by atoms with Gasteiger partial charge in [0.1, 0.15) is 12.6 Å². The van der Waals surface area contributed by atoms with Crippen molar-refractivity contribution in [1.82, 2.24) is 10.2 Å². The van der Waals surface area contributed by atoms with Gasteiger partial charge in [-0.1, -0.05) is 42.8 Å². The quantitative estimate of drug-likeness (QED) is 0.448. The van der Waals surface area contributed by atoms with E-state index in [4.69, 9.17) is 11.6 Å². The second-order valence-electron chi connectivity index (χ2n) is 10.0. The van der Waals surface area contributed by atoms with Gasteiger partial charge in [0.25, 0.3) is 0 Å². The molecule has 0 heterocycles. The number of hydrogen-bond donors (Lipinski definition) is 1. The number of rotatable bonds is 9. The highest BCUT2D eigenvalue weighted by Gasteiger charge is 2.36. The number of sulfonamides is 1. The normalized spacial score (nSPS) is 13.1. The molecule has 2 aromatic rings. The zero-order valence-corrected chi connectivity index (χ0v) is 23.8. The van der Waals surface area contributed by atoms with Gasteiger partial charge < -0.3 is 10.2 Å². The molecule has 38 heavy (non-hydrogen) atoms. The lowest BCUT2D eigenvalue weighted by molar-refractivity contribution is -0.141. The Morgan fingerprint density at radius 2 is 1.68 bits per heavy atom. The molecule has 210 valence electrons. The minimum Gasteiger partial charge on any atom is -0.350 e. The van der Waals surface area contributed by atoms with Crippen LogP contribution in [0, 0.1) is 6.92 Å². The molecule has 0 bridgehead atoms. The van der Waals surface area contributed by atoms with E-state index in [0.29, 0.717) is 10.4 Å². The first kappa shape index (κ1) is 31.4. The van der Waals surface area contributed by atoms with E-state index in [-0.39, 0.29) is 18.7 Å². The molecule has 7 nitrogen and oxygen atoms in total. The van der Waals surface area contributed by atoms with Crippen molar-refractivity contribution < 1.29 is 31.2 Å². The number of benzene rings is 2. The summed E-state index contributed by atoms with van der Waals surface area (Å²) in [5.41, 5.74) is -0.618. The molecule has 0 saturated heterocycles. The molecule has 0 radical (unpaired) electrons. The van der Waals surface area contributed by atoms with Crippen molar-refractivity contribution in [2.45, 2.75) is 65.3 Å². The molecule has 2 amide bonds. The van der Waals surface area contributed by atoms with Crippen molar-refractivity contribution in [3.63, 3.8) is 0 Å². The van der Waals surface area contributed by atoms with Crippen LogP contribution in [0.25, 0.3) is 0 Å². The molecule has 0 aliphatic heterocycles. The number of alkyl halides is 3. The third kappa shape index (κ3) is 8.36. The predicted octanol–water partition coefficient (Wildman–Crippen LogP) is 5.16. The average Bonchev–Trinajstić information content (AvgIpc) is 2.76. The van der Waals surface area contributed by atoms with Gasteiger partial charge in [-0.25, -0.2) is 8.42 Å². The van der Waals surface area contributed by atoms with Crippen LogP contribution in [0.4, 0.5) is 18.9 Å². The summed E-state index contributed by atoms with van der Waals surface area (Å²) < 4.78 is 66.3. The van der Waals surface area contributed by atoms with Crippen LogP contribution in [-0.2, 0) is 32.3 Å². The van der Waals surface area contributed by atoms with Crippen LogP contribution in [-0.4, -0.2) is 49.5 Å². The molecule has 0 unspecified atom stereocenters. The van der Waals surface area contributed by atoms with E-state index in [1.807, 2.05) is 19.1 Å². The topological polar surface area (TPSA) is 86.8 Å². The van der Waals surface area contributed by atoms with Crippen molar-refractivity contribution in [1.29, 1.82) is 0 Å². The second-order valence-corrected chi connectivity index (χ2v) is 12.4. The summed E-state index contributed by atoms with van der Waals surface area (Å²) in [7, 11) is -4.21. The van der Waals surface area contributed by atoms with Crippen molar-refractivity contribution in [2.75, 3.05) is 17.1 Å². The van der Waals surface area contributed by atoms with E-state index in [0.717, 1.165) is 29.5 Å². The molecule has 0 fully saturated rings. The van der Waals surface area contributed by atoms with Gasteiger partial charge in [-0.2, -0.15) is 13.2 Å². The lowest BCUT2D eigenvalue weighted by Gasteiger charge is -2.35. The number of aryl methyl sites for hydroxylation is 1. The number of amides is 2. The SMILES string of the molecule is CC[C@@H](C(=O)NC(C)(C)C)N(Cc1ccccc1C)C(=O)CN(c1ccc(Cl)c(C(F)(F)F)c1)S(C)(=O)=O. The van der Waals surface area contributed by atoms with Crippen LogP contribution >= 0.6 is 11.6 Å². The summed E-state index contributed by atoms with van der Waals surface area (Å²) in [5, 5.41) is 2.24. The third-order valence-corrected chi connectivity index (χ3v) is 7.18. The Morgan fingerprint density at radius 3 is 2.18 bits per heavy atom. The van der Waals surface area contributed by atoms with Gasteiger partial charge in [0, 0.05) is 12.1 Å². The van der Waals surface area contributed by atoms with Crippen LogP contribution < -0.4 is 9.62 Å². The first-order chi connectivity index (χ1) is 17.3. The smallest absolute Gasteiger partial charge is 0.350 e. The maximum Gasteiger partial charge on any atom is 0.417 e. The maximum atomic E-state index is 13.7. The molecule has 2 rings (SSSR count). The lowest BCUT2D eigenvalue weighted by atomic mass is 10.0. The summed E-state index contributed by atoms with van der Waals surface area (Å²) in [6.45, 7) is 8.09. The monoisotopic (exact) mass is 575 g/mol. The average molecular weight is 576 g/mol. The highest BCUT2D eigenvalue weighted by atomic mass is 35.5. The van der Waals surface area contributed by atoms with Crippen LogP contribution in [0.2, 0.25) is 5.02 Å². The third-order valence-electron chi connectivity index (χ3n) is 5.71. The Bertz CT molecular complexity index is 1280. The number of nitrogens with one attached hydrogen (secondary N) is 1. The Hall–Kier alpha value is -2.79. The van der Waals surface area contributed by atoms with Crippen LogP contribution in [0.3, 0.4) is 0 Å². The summed E-state index contributed by atoms with van der Waals surface area (Å²) >= 11 is 5.70. The molecule has 0 saturated carbocycles. The van der Waals surface area contributed by atoms with Gasteiger partial charge in [0.05, 0.1) is 22.5 Å². The zero-order chi connectivity index (χ0) is 29.1.